The molecular formula is C9H19NO2. The minimum absolute atomic E-state index is 0.282. The Balaban J connectivity index is 1.99. The van der Waals surface area contributed by atoms with Crippen LogP contribution in [0, 0.1) is 0 Å². The van der Waals surface area contributed by atoms with Gasteiger partial charge in [0.05, 0.1) is 12.7 Å². The van der Waals surface area contributed by atoms with Gasteiger partial charge in [-0.3, -0.25) is 0 Å². The second kappa shape index (κ2) is 5.51. The molecule has 3 nitrogen and oxygen atoms in total. The number of hydrogen-bond acceptors (Lipinski definition) is 3. The molecule has 1 aliphatic heterocycles. The third-order valence-corrected chi connectivity index (χ3v) is 2.34. The number of methoxy groups -OCH3 is 1. The van der Waals surface area contributed by atoms with Crippen molar-refractivity contribution in [2.24, 2.45) is 0 Å². The number of aliphatic hydroxyl groups is 1. The lowest BCUT2D eigenvalue weighted by Crippen LogP contribution is -2.26. The van der Waals surface area contributed by atoms with Crippen molar-refractivity contribution in [2.75, 3.05) is 33.4 Å². The predicted molar refractivity (Wildman–Crippen MR) is 48.2 cm³/mol. The molecule has 1 atom stereocenters. The van der Waals surface area contributed by atoms with E-state index in [0.29, 0.717) is 6.61 Å². The Morgan fingerprint density at radius 1 is 1.42 bits per heavy atom. The maximum atomic E-state index is 9.36. The van der Waals surface area contributed by atoms with Crippen molar-refractivity contribution in [3.8, 4) is 0 Å². The molecule has 0 amide bonds. The molecule has 0 aromatic carbocycles. The van der Waals surface area contributed by atoms with Gasteiger partial charge >= 0.3 is 0 Å². The van der Waals surface area contributed by atoms with Crippen LogP contribution in [0.5, 0.6) is 0 Å². The van der Waals surface area contributed by atoms with Gasteiger partial charge in [-0.1, -0.05) is 0 Å². The quantitative estimate of drug-likeness (QED) is 0.656. The van der Waals surface area contributed by atoms with Gasteiger partial charge in [-0.15, -0.1) is 0 Å². The number of nitrogens with zero attached hydrogens (tertiary/aromatic N) is 1. The van der Waals surface area contributed by atoms with E-state index in [-0.39, 0.29) is 6.10 Å². The Bertz CT molecular complexity index is 113. The molecule has 1 aliphatic rings. The molecule has 1 rings (SSSR count). The second-order valence-corrected chi connectivity index (χ2v) is 3.45. The van der Waals surface area contributed by atoms with Crippen molar-refractivity contribution in [2.45, 2.75) is 25.4 Å². The summed E-state index contributed by atoms with van der Waals surface area (Å²) in [5.74, 6) is 0. The Morgan fingerprint density at radius 2 is 2.08 bits per heavy atom. The molecular weight excluding hydrogens is 154 g/mol. The molecule has 0 aromatic heterocycles. The highest BCUT2D eigenvalue weighted by Crippen LogP contribution is 2.08. The zero-order valence-electron chi connectivity index (χ0n) is 7.83. The van der Waals surface area contributed by atoms with Gasteiger partial charge in [0.15, 0.2) is 0 Å². The fourth-order valence-electron chi connectivity index (χ4n) is 1.61. The minimum Gasteiger partial charge on any atom is -0.391 e. The zero-order valence-corrected chi connectivity index (χ0v) is 7.83. The first-order chi connectivity index (χ1) is 5.83. The second-order valence-electron chi connectivity index (χ2n) is 3.45. The van der Waals surface area contributed by atoms with Gasteiger partial charge in [0.1, 0.15) is 0 Å². The summed E-state index contributed by atoms with van der Waals surface area (Å²) in [5, 5.41) is 9.36. The average Bonchev–Trinajstić information content (AvgIpc) is 2.53. The van der Waals surface area contributed by atoms with Crippen molar-refractivity contribution in [3.05, 3.63) is 0 Å². The Hall–Kier alpha value is -0.120. The maximum absolute atomic E-state index is 9.36. The normalized spacial score (nSPS) is 21.5. The van der Waals surface area contributed by atoms with Crippen molar-refractivity contribution in [3.63, 3.8) is 0 Å². The van der Waals surface area contributed by atoms with Crippen molar-refractivity contribution >= 4 is 0 Å². The van der Waals surface area contributed by atoms with E-state index in [1.165, 1.54) is 25.9 Å². The minimum atomic E-state index is -0.282. The standard InChI is InChI=1S/C9H19NO2/c1-12-8-9(11)4-7-10-5-2-3-6-10/h9,11H,2-8H2,1H3. The molecule has 0 saturated carbocycles. The van der Waals surface area contributed by atoms with Gasteiger partial charge in [-0.2, -0.15) is 0 Å². The molecule has 3 heteroatoms. The Morgan fingerprint density at radius 3 is 2.67 bits per heavy atom. The predicted octanol–water partition coefficient (Wildman–Crippen LogP) is 0.480. The molecule has 1 heterocycles. The third-order valence-electron chi connectivity index (χ3n) is 2.34. The van der Waals surface area contributed by atoms with E-state index in [4.69, 9.17) is 4.74 Å². The first-order valence-electron chi connectivity index (χ1n) is 4.72. The van der Waals surface area contributed by atoms with Gasteiger partial charge in [0.25, 0.3) is 0 Å². The summed E-state index contributed by atoms with van der Waals surface area (Å²) >= 11 is 0. The van der Waals surface area contributed by atoms with Crippen LogP contribution >= 0.6 is 0 Å². The highest BCUT2D eigenvalue weighted by atomic mass is 16.5. The van der Waals surface area contributed by atoms with Crippen LogP contribution < -0.4 is 0 Å². The van der Waals surface area contributed by atoms with Crippen LogP contribution in [0.2, 0.25) is 0 Å². The number of ether oxygens (including phenoxy) is 1. The van der Waals surface area contributed by atoms with E-state index >= 15 is 0 Å². The van der Waals surface area contributed by atoms with Crippen LogP contribution in [0.15, 0.2) is 0 Å². The summed E-state index contributed by atoms with van der Waals surface area (Å²) in [6, 6.07) is 0. The van der Waals surface area contributed by atoms with Crippen LogP contribution in [0.3, 0.4) is 0 Å². The SMILES string of the molecule is COCC(O)CCN1CCCC1. The molecule has 1 fully saturated rings. The van der Waals surface area contributed by atoms with Crippen molar-refractivity contribution in [1.82, 2.24) is 4.90 Å². The molecule has 0 radical (unpaired) electrons. The van der Waals surface area contributed by atoms with Crippen molar-refractivity contribution in [1.29, 1.82) is 0 Å². The van der Waals surface area contributed by atoms with E-state index in [2.05, 4.69) is 4.90 Å². The average molecular weight is 173 g/mol. The monoisotopic (exact) mass is 173 g/mol. The topological polar surface area (TPSA) is 32.7 Å². The van der Waals surface area contributed by atoms with Crippen LogP contribution in [0.4, 0.5) is 0 Å². The fourth-order valence-corrected chi connectivity index (χ4v) is 1.61. The molecule has 1 saturated heterocycles. The number of aliphatic hydroxyl groups excluding tert-OH is 1. The van der Waals surface area contributed by atoms with E-state index in [1.807, 2.05) is 0 Å². The Kier molecular flexibility index (Phi) is 4.58. The molecule has 12 heavy (non-hydrogen) atoms. The first-order valence-corrected chi connectivity index (χ1v) is 4.72. The maximum Gasteiger partial charge on any atom is 0.0785 e. The highest BCUT2D eigenvalue weighted by molar-refractivity contribution is 4.67. The zero-order chi connectivity index (χ0) is 8.81. The van der Waals surface area contributed by atoms with Gasteiger partial charge in [0.2, 0.25) is 0 Å². The van der Waals surface area contributed by atoms with Crippen LogP contribution in [0.25, 0.3) is 0 Å². The van der Waals surface area contributed by atoms with Gasteiger partial charge in [0, 0.05) is 13.7 Å². The molecule has 1 N–H and O–H groups in total. The van der Waals surface area contributed by atoms with Gasteiger partial charge in [-0.05, 0) is 32.4 Å². The van der Waals surface area contributed by atoms with E-state index < -0.39 is 0 Å². The molecule has 72 valence electrons. The van der Waals surface area contributed by atoms with E-state index in [0.717, 1.165) is 13.0 Å². The lowest BCUT2D eigenvalue weighted by Gasteiger charge is -2.16. The first kappa shape index (κ1) is 9.96. The van der Waals surface area contributed by atoms with Gasteiger partial charge in [-0.25, -0.2) is 0 Å². The molecule has 1 unspecified atom stereocenters. The largest absolute Gasteiger partial charge is 0.391 e. The number of rotatable bonds is 5. The lowest BCUT2D eigenvalue weighted by molar-refractivity contribution is 0.0533. The van der Waals surface area contributed by atoms with E-state index in [9.17, 15) is 5.11 Å². The van der Waals surface area contributed by atoms with Crippen LogP contribution in [-0.2, 0) is 4.74 Å². The summed E-state index contributed by atoms with van der Waals surface area (Å²) in [5.41, 5.74) is 0. The molecule has 0 aliphatic carbocycles. The smallest absolute Gasteiger partial charge is 0.0785 e. The van der Waals surface area contributed by atoms with Crippen LogP contribution in [-0.4, -0.2) is 49.5 Å². The lowest BCUT2D eigenvalue weighted by atomic mass is 10.2. The van der Waals surface area contributed by atoms with E-state index in [1.54, 1.807) is 7.11 Å². The summed E-state index contributed by atoms with van der Waals surface area (Å²) in [6.45, 7) is 3.90. The molecule has 0 spiro atoms. The molecule has 0 bridgehead atoms. The molecule has 0 aromatic rings. The van der Waals surface area contributed by atoms with Crippen molar-refractivity contribution < 1.29 is 9.84 Å². The summed E-state index contributed by atoms with van der Waals surface area (Å²) < 4.78 is 4.85. The van der Waals surface area contributed by atoms with Crippen LogP contribution in [0.1, 0.15) is 19.3 Å². The summed E-state index contributed by atoms with van der Waals surface area (Å²) in [4.78, 5) is 2.40. The highest BCUT2D eigenvalue weighted by Gasteiger charge is 2.12. The third kappa shape index (κ3) is 3.52. The summed E-state index contributed by atoms with van der Waals surface area (Å²) in [6.07, 6.45) is 3.20. The summed E-state index contributed by atoms with van der Waals surface area (Å²) in [7, 11) is 1.62. The fraction of sp³-hybridized carbons (Fsp3) is 1.00. The van der Waals surface area contributed by atoms with Gasteiger partial charge < -0.3 is 14.7 Å². The Labute approximate surface area is 74.3 Å². The number of hydrogen-bond donors (Lipinski definition) is 1. The number of likely N-dealkylation sites (tertiary alicyclic amines) is 1.